The number of nitrogens with zero attached hydrogens (tertiary/aromatic N) is 1. The third-order valence-corrected chi connectivity index (χ3v) is 5.93. The summed E-state index contributed by atoms with van der Waals surface area (Å²) in [6.07, 6.45) is 1.25. The number of nitrogens with one attached hydrogen (secondary N) is 1. The molecule has 1 saturated heterocycles. The van der Waals surface area contributed by atoms with Gasteiger partial charge in [-0.15, -0.1) is 0 Å². The molecule has 2 aromatic carbocycles. The molecule has 0 aliphatic carbocycles. The number of morpholine rings is 1. The van der Waals surface area contributed by atoms with E-state index in [-0.39, 0.29) is 12.2 Å². The lowest BCUT2D eigenvalue weighted by Crippen LogP contribution is -2.46. The molecule has 1 N–H and O–H groups in total. The van der Waals surface area contributed by atoms with Crippen molar-refractivity contribution in [3.63, 3.8) is 0 Å². The maximum Gasteiger partial charge on any atom is 0.240 e. The summed E-state index contributed by atoms with van der Waals surface area (Å²) in [6, 6.07) is 13.0. The zero-order chi connectivity index (χ0) is 17.9. The molecule has 1 heterocycles. The van der Waals surface area contributed by atoms with Crippen molar-refractivity contribution in [1.29, 1.82) is 0 Å². The number of benzene rings is 2. The molecule has 0 saturated carbocycles. The van der Waals surface area contributed by atoms with Crippen LogP contribution in [-0.4, -0.2) is 51.7 Å². The first-order chi connectivity index (χ1) is 11.9. The number of ether oxygens (including phenoxy) is 1. The second kappa shape index (κ2) is 7.83. The molecule has 2 unspecified atom stereocenters. The highest BCUT2D eigenvalue weighted by Gasteiger charge is 2.21. The normalized spacial score (nSPS) is 22.3. The zero-order valence-corrected chi connectivity index (χ0v) is 15.6. The Balaban J connectivity index is 1.54. The van der Waals surface area contributed by atoms with Gasteiger partial charge in [0.05, 0.1) is 17.1 Å². The van der Waals surface area contributed by atoms with Crippen LogP contribution in [0.2, 0.25) is 0 Å². The minimum Gasteiger partial charge on any atom is -0.373 e. The highest BCUT2D eigenvalue weighted by atomic mass is 32.2. The molecule has 0 amide bonds. The van der Waals surface area contributed by atoms with Gasteiger partial charge in [-0.05, 0) is 49.7 Å². The van der Waals surface area contributed by atoms with Gasteiger partial charge in [0.25, 0.3) is 0 Å². The van der Waals surface area contributed by atoms with Gasteiger partial charge in [-0.1, -0.05) is 30.3 Å². The highest BCUT2D eigenvalue weighted by Crippen LogP contribution is 2.18. The van der Waals surface area contributed by atoms with Crippen molar-refractivity contribution in [2.75, 3.05) is 26.2 Å². The average Bonchev–Trinajstić information content (AvgIpc) is 2.57. The first-order valence-corrected chi connectivity index (χ1v) is 10.3. The second-order valence-corrected chi connectivity index (χ2v) is 8.54. The second-order valence-electron chi connectivity index (χ2n) is 6.78. The van der Waals surface area contributed by atoms with Crippen LogP contribution in [0.3, 0.4) is 0 Å². The molecule has 25 heavy (non-hydrogen) atoms. The summed E-state index contributed by atoms with van der Waals surface area (Å²) in [5, 5.41) is 1.97. The molecular weight excluding hydrogens is 336 g/mol. The van der Waals surface area contributed by atoms with E-state index in [0.29, 0.717) is 11.4 Å². The molecule has 0 radical (unpaired) electrons. The molecule has 6 heteroatoms. The van der Waals surface area contributed by atoms with Crippen LogP contribution >= 0.6 is 0 Å². The smallest absolute Gasteiger partial charge is 0.240 e. The number of hydrogen-bond acceptors (Lipinski definition) is 4. The van der Waals surface area contributed by atoms with E-state index in [0.717, 1.165) is 36.8 Å². The Morgan fingerprint density at radius 2 is 1.76 bits per heavy atom. The van der Waals surface area contributed by atoms with Crippen molar-refractivity contribution in [2.45, 2.75) is 37.4 Å². The number of hydrogen-bond donors (Lipinski definition) is 1. The van der Waals surface area contributed by atoms with Gasteiger partial charge in [-0.25, -0.2) is 13.1 Å². The number of fused-ring (bicyclic) bond motifs is 1. The van der Waals surface area contributed by atoms with Crippen LogP contribution in [0, 0.1) is 0 Å². The SMILES string of the molecule is CC1CN(CCCNS(=O)(=O)c2ccc3ccccc3c2)CC(C)O1. The van der Waals surface area contributed by atoms with Crippen molar-refractivity contribution >= 4 is 20.8 Å². The fourth-order valence-corrected chi connectivity index (χ4v) is 4.50. The van der Waals surface area contributed by atoms with Crippen LogP contribution in [0.1, 0.15) is 20.3 Å². The Hall–Kier alpha value is -1.47. The van der Waals surface area contributed by atoms with Gasteiger partial charge in [-0.2, -0.15) is 0 Å². The van der Waals surface area contributed by atoms with Crippen molar-refractivity contribution < 1.29 is 13.2 Å². The summed E-state index contributed by atoms with van der Waals surface area (Å²) in [7, 11) is -3.47. The van der Waals surface area contributed by atoms with Crippen molar-refractivity contribution in [3.05, 3.63) is 42.5 Å². The summed E-state index contributed by atoms with van der Waals surface area (Å²) < 4.78 is 33.4. The van der Waals surface area contributed by atoms with E-state index in [1.807, 2.05) is 30.3 Å². The average molecular weight is 362 g/mol. The van der Waals surface area contributed by atoms with Crippen LogP contribution in [0.15, 0.2) is 47.4 Å². The molecule has 2 aromatic rings. The van der Waals surface area contributed by atoms with Gasteiger partial charge in [0, 0.05) is 19.6 Å². The molecule has 0 aromatic heterocycles. The quantitative estimate of drug-likeness (QED) is 0.803. The van der Waals surface area contributed by atoms with Gasteiger partial charge >= 0.3 is 0 Å². The van der Waals surface area contributed by atoms with Gasteiger partial charge in [0.15, 0.2) is 0 Å². The molecular formula is C19H26N2O3S. The van der Waals surface area contributed by atoms with Gasteiger partial charge < -0.3 is 4.74 Å². The maximum atomic E-state index is 12.5. The Morgan fingerprint density at radius 1 is 1.08 bits per heavy atom. The lowest BCUT2D eigenvalue weighted by atomic mass is 10.1. The van der Waals surface area contributed by atoms with Crippen LogP contribution < -0.4 is 4.72 Å². The molecule has 1 aliphatic rings. The fraction of sp³-hybridized carbons (Fsp3) is 0.474. The van der Waals surface area contributed by atoms with Crippen molar-refractivity contribution in [3.8, 4) is 0 Å². The van der Waals surface area contributed by atoms with Crippen LogP contribution in [0.5, 0.6) is 0 Å². The summed E-state index contributed by atoms with van der Waals surface area (Å²) in [5.74, 6) is 0. The predicted molar refractivity (Wildman–Crippen MR) is 100 cm³/mol. The summed E-state index contributed by atoms with van der Waals surface area (Å²) in [6.45, 7) is 7.27. The molecule has 1 aliphatic heterocycles. The van der Waals surface area contributed by atoms with E-state index >= 15 is 0 Å². The number of sulfonamides is 1. The van der Waals surface area contributed by atoms with Crippen molar-refractivity contribution in [2.24, 2.45) is 0 Å². The van der Waals surface area contributed by atoms with E-state index in [2.05, 4.69) is 23.5 Å². The standard InChI is InChI=1S/C19H26N2O3S/c1-15-13-21(14-16(2)24-15)11-5-10-20-25(22,23)19-9-8-17-6-3-4-7-18(17)12-19/h3-4,6-9,12,15-16,20H,5,10-11,13-14H2,1-2H3. The third-order valence-electron chi connectivity index (χ3n) is 4.47. The van der Waals surface area contributed by atoms with E-state index in [1.165, 1.54) is 0 Å². The molecule has 2 atom stereocenters. The molecule has 0 bridgehead atoms. The molecule has 5 nitrogen and oxygen atoms in total. The minimum absolute atomic E-state index is 0.234. The van der Waals surface area contributed by atoms with Crippen molar-refractivity contribution in [1.82, 2.24) is 9.62 Å². The third kappa shape index (κ3) is 4.79. The first-order valence-electron chi connectivity index (χ1n) is 8.80. The van der Waals surface area contributed by atoms with Gasteiger partial charge in [-0.3, -0.25) is 4.90 Å². The zero-order valence-electron chi connectivity index (χ0n) is 14.8. The summed E-state index contributed by atoms with van der Waals surface area (Å²) in [4.78, 5) is 2.66. The van der Waals surface area contributed by atoms with Crippen LogP contribution in [0.25, 0.3) is 10.8 Å². The van der Waals surface area contributed by atoms with E-state index in [4.69, 9.17) is 4.74 Å². The topological polar surface area (TPSA) is 58.6 Å². The summed E-state index contributed by atoms with van der Waals surface area (Å²) >= 11 is 0. The Kier molecular flexibility index (Phi) is 5.74. The Bertz CT molecular complexity index is 812. The van der Waals surface area contributed by atoms with Crippen LogP contribution in [0.4, 0.5) is 0 Å². The Morgan fingerprint density at radius 3 is 2.48 bits per heavy atom. The van der Waals surface area contributed by atoms with Gasteiger partial charge in [0.2, 0.25) is 10.0 Å². The Labute approximate surface area is 150 Å². The lowest BCUT2D eigenvalue weighted by Gasteiger charge is -2.35. The van der Waals surface area contributed by atoms with E-state index < -0.39 is 10.0 Å². The van der Waals surface area contributed by atoms with Crippen LogP contribution in [-0.2, 0) is 14.8 Å². The predicted octanol–water partition coefficient (Wildman–Crippen LogP) is 2.62. The number of rotatable bonds is 6. The molecule has 0 spiro atoms. The molecule has 1 fully saturated rings. The summed E-state index contributed by atoms with van der Waals surface area (Å²) in [5.41, 5.74) is 0. The molecule has 136 valence electrons. The first kappa shape index (κ1) is 18.3. The largest absolute Gasteiger partial charge is 0.373 e. The fourth-order valence-electron chi connectivity index (χ4n) is 3.39. The molecule has 3 rings (SSSR count). The minimum atomic E-state index is -3.47. The maximum absolute atomic E-state index is 12.5. The van der Waals surface area contributed by atoms with E-state index in [1.54, 1.807) is 12.1 Å². The monoisotopic (exact) mass is 362 g/mol. The van der Waals surface area contributed by atoms with Gasteiger partial charge in [0.1, 0.15) is 0 Å². The lowest BCUT2D eigenvalue weighted by molar-refractivity contribution is -0.0679. The van der Waals surface area contributed by atoms with E-state index in [9.17, 15) is 8.42 Å². The highest BCUT2D eigenvalue weighted by molar-refractivity contribution is 7.89.